The molecule has 0 saturated carbocycles. The summed E-state index contributed by atoms with van der Waals surface area (Å²) in [5, 5.41) is 0. The molecule has 0 aliphatic heterocycles. The van der Waals surface area contributed by atoms with Gasteiger partial charge in [0.2, 0.25) is 0 Å². The maximum absolute atomic E-state index is 11.2. The predicted octanol–water partition coefficient (Wildman–Crippen LogP) is 1.54. The Balaban J connectivity index is 2.36. The van der Waals surface area contributed by atoms with Crippen LogP contribution in [0.3, 0.4) is 0 Å². The Kier molecular flexibility index (Phi) is 6.47. The molecule has 0 radical (unpaired) electrons. The van der Waals surface area contributed by atoms with E-state index in [2.05, 4.69) is 4.74 Å². The molecule has 0 amide bonds. The van der Waals surface area contributed by atoms with Crippen LogP contribution < -0.4 is 0 Å². The minimum atomic E-state index is -1.03. The molecular weight excluding hydrogens is 260 g/mol. The Morgan fingerprint density at radius 3 is 2.45 bits per heavy atom. The van der Waals surface area contributed by atoms with Crippen molar-refractivity contribution in [2.24, 2.45) is 0 Å². The van der Waals surface area contributed by atoms with Gasteiger partial charge in [-0.05, 0) is 11.6 Å². The second-order valence-electron chi connectivity index (χ2n) is 3.63. The summed E-state index contributed by atoms with van der Waals surface area (Å²) < 4.78 is 9.00. The fraction of sp³-hybridized carbons (Fsp3) is 0.133. The molecule has 5 nitrogen and oxygen atoms in total. The summed E-state index contributed by atoms with van der Waals surface area (Å²) in [6, 6.07) is 9.44. The molecule has 20 heavy (non-hydrogen) atoms. The molecule has 0 aromatic heterocycles. The van der Waals surface area contributed by atoms with Crippen molar-refractivity contribution in [2.75, 3.05) is 13.7 Å². The van der Waals surface area contributed by atoms with Gasteiger partial charge in [0.15, 0.2) is 0 Å². The van der Waals surface area contributed by atoms with Crippen molar-refractivity contribution < 1.29 is 23.9 Å². The van der Waals surface area contributed by atoms with E-state index in [1.165, 1.54) is 7.11 Å². The highest BCUT2D eigenvalue weighted by molar-refractivity contribution is 6.38. The summed E-state index contributed by atoms with van der Waals surface area (Å²) in [5.41, 5.74) is 0.959. The van der Waals surface area contributed by atoms with Crippen LogP contribution in [0.4, 0.5) is 0 Å². The number of benzene rings is 1. The minimum absolute atomic E-state index is 0.0223. The first-order chi connectivity index (χ1) is 9.63. The summed E-state index contributed by atoms with van der Waals surface area (Å²) in [5.74, 6) is -2.65. The third kappa shape index (κ3) is 5.77. The van der Waals surface area contributed by atoms with E-state index in [4.69, 9.17) is 4.74 Å². The number of carbonyl (C=O) groups excluding carboxylic acids is 3. The van der Waals surface area contributed by atoms with Gasteiger partial charge in [0.1, 0.15) is 6.61 Å². The van der Waals surface area contributed by atoms with Crippen LogP contribution in [0.2, 0.25) is 0 Å². The lowest BCUT2D eigenvalue weighted by Crippen LogP contribution is -2.15. The highest BCUT2D eigenvalue weighted by atomic mass is 16.5. The van der Waals surface area contributed by atoms with Gasteiger partial charge in [-0.1, -0.05) is 36.4 Å². The van der Waals surface area contributed by atoms with Crippen LogP contribution in [-0.4, -0.2) is 31.4 Å². The van der Waals surface area contributed by atoms with Gasteiger partial charge >= 0.3 is 11.9 Å². The van der Waals surface area contributed by atoms with Crippen LogP contribution in [0.25, 0.3) is 6.08 Å². The van der Waals surface area contributed by atoms with Gasteiger partial charge in [0.05, 0.1) is 7.11 Å². The van der Waals surface area contributed by atoms with Crippen molar-refractivity contribution in [2.45, 2.75) is 0 Å². The third-order valence-electron chi connectivity index (χ3n) is 2.19. The molecule has 104 valence electrons. The number of carbonyl (C=O) groups is 3. The maximum atomic E-state index is 11.2. The fourth-order valence-electron chi connectivity index (χ4n) is 1.22. The molecular formula is C15H14O5. The maximum Gasteiger partial charge on any atom is 0.379 e. The van der Waals surface area contributed by atoms with E-state index < -0.39 is 17.7 Å². The van der Waals surface area contributed by atoms with Crippen LogP contribution in [0.1, 0.15) is 5.56 Å². The summed E-state index contributed by atoms with van der Waals surface area (Å²) in [7, 11) is 1.17. The average Bonchev–Trinajstić information content (AvgIpc) is 2.49. The van der Waals surface area contributed by atoms with E-state index >= 15 is 0 Å². The summed E-state index contributed by atoms with van der Waals surface area (Å²) >= 11 is 0. The van der Waals surface area contributed by atoms with E-state index in [1.807, 2.05) is 30.3 Å². The molecule has 1 aromatic rings. The zero-order chi connectivity index (χ0) is 14.8. The number of esters is 2. The van der Waals surface area contributed by atoms with Gasteiger partial charge in [-0.15, -0.1) is 0 Å². The van der Waals surface area contributed by atoms with Crippen LogP contribution in [0.15, 0.2) is 48.6 Å². The second kappa shape index (κ2) is 8.42. The van der Waals surface area contributed by atoms with Gasteiger partial charge < -0.3 is 9.47 Å². The second-order valence-corrected chi connectivity index (χ2v) is 3.63. The molecule has 5 heteroatoms. The Bertz CT molecular complexity index is 528. The summed E-state index contributed by atoms with van der Waals surface area (Å²) in [6.45, 7) is -0.0223. The first-order valence-electron chi connectivity index (χ1n) is 5.82. The summed E-state index contributed by atoms with van der Waals surface area (Å²) in [4.78, 5) is 33.2. The minimum Gasteiger partial charge on any atom is -0.466 e. The molecule has 0 atom stereocenters. The molecule has 1 rings (SSSR count). The monoisotopic (exact) mass is 274 g/mol. The number of ether oxygens (including phenoxy) is 2. The smallest absolute Gasteiger partial charge is 0.379 e. The van der Waals surface area contributed by atoms with Crippen LogP contribution in [0, 0.1) is 0 Å². The molecule has 0 spiro atoms. The SMILES string of the molecule is COC(=O)/C=C/C(=O)C(=O)OC/C=C/c1ccccc1. The van der Waals surface area contributed by atoms with Crippen LogP contribution in [0.5, 0.6) is 0 Å². The summed E-state index contributed by atoms with van der Waals surface area (Å²) in [6.07, 6.45) is 5.06. The van der Waals surface area contributed by atoms with Crippen LogP contribution in [-0.2, 0) is 23.9 Å². The van der Waals surface area contributed by atoms with Crippen molar-refractivity contribution in [3.05, 3.63) is 54.1 Å². The number of hydrogen-bond acceptors (Lipinski definition) is 5. The lowest BCUT2D eigenvalue weighted by molar-refractivity contribution is -0.150. The normalized spacial score (nSPS) is 10.7. The molecule has 0 saturated heterocycles. The number of rotatable bonds is 6. The van der Waals surface area contributed by atoms with E-state index in [-0.39, 0.29) is 6.61 Å². The van der Waals surface area contributed by atoms with Crippen molar-refractivity contribution in [1.29, 1.82) is 0 Å². The van der Waals surface area contributed by atoms with Gasteiger partial charge in [-0.25, -0.2) is 9.59 Å². The van der Waals surface area contributed by atoms with Gasteiger partial charge in [0.25, 0.3) is 5.78 Å². The molecule has 1 aromatic carbocycles. The predicted molar refractivity (Wildman–Crippen MR) is 72.6 cm³/mol. The topological polar surface area (TPSA) is 69.7 Å². The largest absolute Gasteiger partial charge is 0.466 e. The number of methoxy groups -OCH3 is 1. The molecule has 0 aliphatic rings. The Morgan fingerprint density at radius 2 is 1.80 bits per heavy atom. The number of ketones is 1. The third-order valence-corrected chi connectivity index (χ3v) is 2.19. The van der Waals surface area contributed by atoms with Crippen molar-refractivity contribution in [3.8, 4) is 0 Å². The van der Waals surface area contributed by atoms with Crippen molar-refractivity contribution in [1.82, 2.24) is 0 Å². The Hall–Kier alpha value is -2.69. The molecule has 0 fully saturated rings. The first kappa shape index (κ1) is 15.4. The zero-order valence-electron chi connectivity index (χ0n) is 10.9. The van der Waals surface area contributed by atoms with E-state index in [1.54, 1.807) is 12.2 Å². The van der Waals surface area contributed by atoms with E-state index in [0.717, 1.165) is 17.7 Å². The fourth-order valence-corrected chi connectivity index (χ4v) is 1.22. The standard InChI is InChI=1S/C15H14O5/c1-19-14(17)10-9-13(16)15(18)20-11-5-8-12-6-3-2-4-7-12/h2-10H,11H2,1H3/b8-5+,10-9+. The van der Waals surface area contributed by atoms with Gasteiger partial charge in [0, 0.05) is 12.2 Å². The van der Waals surface area contributed by atoms with Crippen molar-refractivity contribution >= 4 is 23.8 Å². The highest BCUT2D eigenvalue weighted by Crippen LogP contribution is 2.00. The van der Waals surface area contributed by atoms with Crippen molar-refractivity contribution in [3.63, 3.8) is 0 Å². The van der Waals surface area contributed by atoms with Crippen LogP contribution >= 0.6 is 0 Å². The lowest BCUT2D eigenvalue weighted by atomic mass is 10.2. The molecule has 0 aliphatic carbocycles. The number of hydrogen-bond donors (Lipinski definition) is 0. The molecule has 0 N–H and O–H groups in total. The van der Waals surface area contributed by atoms with Gasteiger partial charge in [-0.3, -0.25) is 4.79 Å². The Morgan fingerprint density at radius 1 is 1.10 bits per heavy atom. The molecule has 0 unspecified atom stereocenters. The molecule has 0 bridgehead atoms. The quantitative estimate of drug-likeness (QED) is 0.447. The Labute approximate surface area is 116 Å². The zero-order valence-corrected chi connectivity index (χ0v) is 10.9. The lowest BCUT2D eigenvalue weighted by Gasteiger charge is -1.97. The molecule has 0 heterocycles. The van der Waals surface area contributed by atoms with E-state index in [9.17, 15) is 14.4 Å². The van der Waals surface area contributed by atoms with Gasteiger partial charge in [-0.2, -0.15) is 0 Å². The average molecular weight is 274 g/mol. The highest BCUT2D eigenvalue weighted by Gasteiger charge is 2.11. The first-order valence-corrected chi connectivity index (χ1v) is 5.82. The van der Waals surface area contributed by atoms with E-state index in [0.29, 0.717) is 0 Å².